The van der Waals surface area contributed by atoms with Gasteiger partial charge in [0.2, 0.25) is 11.8 Å². The zero-order valence-corrected chi connectivity index (χ0v) is 14.9. The second-order valence-corrected chi connectivity index (χ2v) is 7.63. The number of aryl methyl sites for hydroxylation is 2. The fourth-order valence-electron chi connectivity index (χ4n) is 2.91. The third kappa shape index (κ3) is 4.34. The van der Waals surface area contributed by atoms with Crippen molar-refractivity contribution in [2.75, 3.05) is 18.4 Å². The summed E-state index contributed by atoms with van der Waals surface area (Å²) in [6, 6.07) is 5.94. The minimum atomic E-state index is -0.396. The molecule has 1 heterocycles. The van der Waals surface area contributed by atoms with E-state index in [2.05, 4.69) is 12.2 Å². The van der Waals surface area contributed by atoms with E-state index in [1.54, 1.807) is 0 Å². The molecule has 2 rings (SSSR count). The van der Waals surface area contributed by atoms with Crippen molar-refractivity contribution in [3.8, 4) is 0 Å². The molecule has 1 aliphatic rings. The number of nitrogens with one attached hydrogen (secondary N) is 1. The van der Waals surface area contributed by atoms with Crippen LogP contribution in [0.1, 0.15) is 44.7 Å². The zero-order valence-electron chi connectivity index (χ0n) is 14.9. The molecule has 1 aromatic rings. The van der Waals surface area contributed by atoms with Crippen LogP contribution >= 0.6 is 0 Å². The average Bonchev–Trinajstić information content (AvgIpc) is 2.49. The van der Waals surface area contributed by atoms with Gasteiger partial charge in [-0.25, -0.2) is 0 Å². The fraction of sp³-hybridized carbons (Fsp3) is 0.579. The Morgan fingerprint density at radius 2 is 1.87 bits per heavy atom. The maximum Gasteiger partial charge on any atom is 0.229 e. The summed E-state index contributed by atoms with van der Waals surface area (Å²) < 4.78 is 0. The third-order valence-electron chi connectivity index (χ3n) is 4.50. The average molecular weight is 316 g/mol. The Morgan fingerprint density at radius 3 is 2.48 bits per heavy atom. The van der Waals surface area contributed by atoms with E-state index in [4.69, 9.17) is 0 Å². The summed E-state index contributed by atoms with van der Waals surface area (Å²) in [4.78, 5) is 26.8. The highest BCUT2D eigenvalue weighted by Crippen LogP contribution is 2.24. The first-order valence-corrected chi connectivity index (χ1v) is 8.36. The Kier molecular flexibility index (Phi) is 5.12. The molecule has 0 aromatic heterocycles. The van der Waals surface area contributed by atoms with Crippen LogP contribution in [0, 0.1) is 25.2 Å². The summed E-state index contributed by atoms with van der Waals surface area (Å²) in [5, 5.41) is 3.00. The van der Waals surface area contributed by atoms with Crippen molar-refractivity contribution in [3.63, 3.8) is 0 Å². The molecule has 0 saturated carbocycles. The van der Waals surface area contributed by atoms with Crippen molar-refractivity contribution in [2.45, 2.75) is 47.5 Å². The molecule has 2 amide bonds. The molecule has 0 radical (unpaired) electrons. The van der Waals surface area contributed by atoms with E-state index in [0.29, 0.717) is 6.54 Å². The van der Waals surface area contributed by atoms with Gasteiger partial charge in [0.15, 0.2) is 0 Å². The summed E-state index contributed by atoms with van der Waals surface area (Å²) in [5.41, 5.74) is 2.81. The molecule has 1 atom stereocenters. The molecule has 0 aliphatic carbocycles. The summed E-state index contributed by atoms with van der Waals surface area (Å²) in [7, 11) is 0. The smallest absolute Gasteiger partial charge is 0.229 e. The topological polar surface area (TPSA) is 49.4 Å². The standard InChI is InChI=1S/C19H28N2O2/c1-13-8-9-16(11-14(13)2)20-17(22)15-7-6-10-21(12-15)18(23)19(3,4)5/h8-9,11,15H,6-7,10,12H2,1-5H3,(H,20,22). The molecule has 1 aromatic carbocycles. The Balaban J connectivity index is 2.02. The van der Waals surface area contributed by atoms with Crippen molar-refractivity contribution in [1.29, 1.82) is 0 Å². The lowest BCUT2D eigenvalue weighted by Gasteiger charge is -2.35. The lowest BCUT2D eigenvalue weighted by atomic mass is 9.91. The highest BCUT2D eigenvalue weighted by atomic mass is 16.2. The predicted molar refractivity (Wildman–Crippen MR) is 93.3 cm³/mol. The number of carbonyl (C=O) groups excluding carboxylic acids is 2. The molecule has 23 heavy (non-hydrogen) atoms. The minimum absolute atomic E-state index is 0.0136. The van der Waals surface area contributed by atoms with Crippen LogP contribution in [0.3, 0.4) is 0 Å². The minimum Gasteiger partial charge on any atom is -0.341 e. The lowest BCUT2D eigenvalue weighted by molar-refractivity contribution is -0.142. The van der Waals surface area contributed by atoms with Gasteiger partial charge in [-0.3, -0.25) is 9.59 Å². The molecule has 1 aliphatic heterocycles. The Morgan fingerprint density at radius 1 is 1.17 bits per heavy atom. The summed E-state index contributed by atoms with van der Waals surface area (Å²) >= 11 is 0. The van der Waals surface area contributed by atoms with E-state index < -0.39 is 5.41 Å². The Bertz CT molecular complexity index is 602. The zero-order chi connectivity index (χ0) is 17.2. The van der Waals surface area contributed by atoms with Crippen LogP contribution in [0.15, 0.2) is 18.2 Å². The van der Waals surface area contributed by atoms with Gasteiger partial charge in [-0.05, 0) is 49.9 Å². The van der Waals surface area contributed by atoms with Crippen molar-refractivity contribution in [3.05, 3.63) is 29.3 Å². The van der Waals surface area contributed by atoms with Gasteiger partial charge in [0.1, 0.15) is 0 Å². The first kappa shape index (κ1) is 17.5. The maximum absolute atomic E-state index is 12.5. The number of piperidine rings is 1. The molecule has 4 nitrogen and oxygen atoms in total. The van der Waals surface area contributed by atoms with Gasteiger partial charge < -0.3 is 10.2 Å². The van der Waals surface area contributed by atoms with Crippen molar-refractivity contribution in [1.82, 2.24) is 4.90 Å². The van der Waals surface area contributed by atoms with Crippen LogP contribution < -0.4 is 5.32 Å². The largest absolute Gasteiger partial charge is 0.341 e. The van der Waals surface area contributed by atoms with Crippen molar-refractivity contribution >= 4 is 17.5 Å². The van der Waals surface area contributed by atoms with Gasteiger partial charge in [0, 0.05) is 24.2 Å². The number of nitrogens with zero attached hydrogens (tertiary/aromatic N) is 1. The molecule has 1 fully saturated rings. The first-order valence-electron chi connectivity index (χ1n) is 8.36. The summed E-state index contributed by atoms with van der Waals surface area (Å²) in [5.74, 6) is 0.0116. The first-order chi connectivity index (χ1) is 10.7. The second kappa shape index (κ2) is 6.73. The van der Waals surface area contributed by atoms with Gasteiger partial charge >= 0.3 is 0 Å². The number of hydrogen-bond acceptors (Lipinski definition) is 2. The van der Waals surface area contributed by atoms with Gasteiger partial charge in [-0.1, -0.05) is 26.8 Å². The monoisotopic (exact) mass is 316 g/mol. The van der Waals surface area contributed by atoms with Crippen LogP contribution in [-0.2, 0) is 9.59 Å². The number of likely N-dealkylation sites (tertiary alicyclic amines) is 1. The SMILES string of the molecule is Cc1ccc(NC(=O)C2CCCN(C(=O)C(C)(C)C)C2)cc1C. The van der Waals surface area contributed by atoms with E-state index in [1.807, 2.05) is 50.8 Å². The van der Waals surface area contributed by atoms with Crippen molar-refractivity contribution in [2.24, 2.45) is 11.3 Å². The summed E-state index contributed by atoms with van der Waals surface area (Å²) in [6.07, 6.45) is 1.72. The quantitative estimate of drug-likeness (QED) is 0.907. The van der Waals surface area contributed by atoms with E-state index in [0.717, 1.165) is 30.6 Å². The molecule has 0 bridgehead atoms. The highest BCUT2D eigenvalue weighted by molar-refractivity contribution is 5.93. The molecule has 1 unspecified atom stereocenters. The second-order valence-electron chi connectivity index (χ2n) is 7.63. The molecule has 4 heteroatoms. The van der Waals surface area contributed by atoms with Crippen LogP contribution in [0.5, 0.6) is 0 Å². The van der Waals surface area contributed by atoms with Gasteiger partial charge in [0.25, 0.3) is 0 Å². The molecule has 1 N–H and O–H groups in total. The molecular weight excluding hydrogens is 288 g/mol. The molecule has 1 saturated heterocycles. The van der Waals surface area contributed by atoms with Gasteiger partial charge in [0.05, 0.1) is 5.92 Å². The summed E-state index contributed by atoms with van der Waals surface area (Å²) in [6.45, 7) is 11.1. The number of carbonyl (C=O) groups is 2. The molecular formula is C19H28N2O2. The number of rotatable bonds is 2. The molecule has 0 spiro atoms. The van der Waals surface area contributed by atoms with Gasteiger partial charge in [-0.2, -0.15) is 0 Å². The van der Waals surface area contributed by atoms with E-state index in [9.17, 15) is 9.59 Å². The predicted octanol–water partition coefficient (Wildman–Crippen LogP) is 3.53. The fourth-order valence-corrected chi connectivity index (χ4v) is 2.91. The number of hydrogen-bond donors (Lipinski definition) is 1. The van der Waals surface area contributed by atoms with Crippen LogP contribution in [-0.4, -0.2) is 29.8 Å². The Hall–Kier alpha value is -1.84. The number of amides is 2. The molecule has 126 valence electrons. The van der Waals surface area contributed by atoms with Gasteiger partial charge in [-0.15, -0.1) is 0 Å². The van der Waals surface area contributed by atoms with Crippen molar-refractivity contribution < 1.29 is 9.59 Å². The normalized spacial score (nSPS) is 18.7. The highest BCUT2D eigenvalue weighted by Gasteiger charge is 2.33. The third-order valence-corrected chi connectivity index (χ3v) is 4.50. The number of benzene rings is 1. The van der Waals surface area contributed by atoms with Crippen LogP contribution in [0.25, 0.3) is 0 Å². The lowest BCUT2D eigenvalue weighted by Crippen LogP contribution is -2.47. The van der Waals surface area contributed by atoms with E-state index in [-0.39, 0.29) is 17.7 Å². The number of anilines is 1. The van der Waals surface area contributed by atoms with Crippen LogP contribution in [0.2, 0.25) is 0 Å². The van der Waals surface area contributed by atoms with Crippen LogP contribution in [0.4, 0.5) is 5.69 Å². The maximum atomic E-state index is 12.5. The van der Waals surface area contributed by atoms with E-state index in [1.165, 1.54) is 5.56 Å². The van der Waals surface area contributed by atoms with E-state index >= 15 is 0 Å². The Labute approximate surface area is 139 Å².